The fraction of sp³-hybridized carbons (Fsp3) is 0.375. The van der Waals surface area contributed by atoms with Crippen LogP contribution in [0.1, 0.15) is 17.5 Å². The average molecular weight is 521 g/mol. The summed E-state index contributed by atoms with van der Waals surface area (Å²) in [6, 6.07) is 18.4. The molecule has 1 aliphatic rings. The number of hydrogen-bond acceptors (Lipinski definition) is 3. The molecule has 1 unspecified atom stereocenters. The van der Waals surface area contributed by atoms with Crippen LogP contribution in [-0.4, -0.2) is 44.2 Å². The third-order valence-electron chi connectivity index (χ3n) is 5.03. The molecule has 0 aromatic heterocycles. The summed E-state index contributed by atoms with van der Waals surface area (Å²) in [7, 11) is 1.84. The number of likely N-dealkylation sites (tertiary alicyclic amines) is 1. The average Bonchev–Trinajstić information content (AvgIpc) is 3.23. The molecule has 0 radical (unpaired) electrons. The summed E-state index contributed by atoms with van der Waals surface area (Å²) in [6.45, 7) is 8.29. The molecular weight excluding hydrogens is 489 g/mol. The van der Waals surface area contributed by atoms with Crippen molar-refractivity contribution in [1.29, 1.82) is 0 Å². The van der Waals surface area contributed by atoms with Crippen LogP contribution in [0.15, 0.2) is 72.2 Å². The van der Waals surface area contributed by atoms with Crippen LogP contribution < -0.4 is 10.1 Å². The molecule has 0 saturated carbocycles. The maximum atomic E-state index is 5.94. The van der Waals surface area contributed by atoms with Gasteiger partial charge in [0.05, 0.1) is 13.2 Å². The van der Waals surface area contributed by atoms with E-state index in [4.69, 9.17) is 9.47 Å². The molecule has 0 aliphatic carbocycles. The lowest BCUT2D eigenvalue weighted by molar-refractivity contribution is 0.0906. The van der Waals surface area contributed by atoms with Gasteiger partial charge >= 0.3 is 0 Å². The first kappa shape index (κ1) is 24.2. The zero-order chi connectivity index (χ0) is 20.3. The maximum Gasteiger partial charge on any atom is 0.193 e. The molecule has 6 heteroatoms. The van der Waals surface area contributed by atoms with Crippen molar-refractivity contribution >= 4 is 29.9 Å². The number of halogens is 1. The third-order valence-corrected chi connectivity index (χ3v) is 5.03. The molecule has 5 nitrogen and oxygen atoms in total. The Bertz CT molecular complexity index is 798. The van der Waals surface area contributed by atoms with E-state index in [1.54, 1.807) is 6.08 Å². The van der Waals surface area contributed by atoms with Crippen molar-refractivity contribution in [2.24, 2.45) is 10.9 Å². The van der Waals surface area contributed by atoms with Crippen LogP contribution in [0.3, 0.4) is 0 Å². The van der Waals surface area contributed by atoms with E-state index in [0.29, 0.717) is 25.7 Å². The molecule has 0 bridgehead atoms. The van der Waals surface area contributed by atoms with E-state index >= 15 is 0 Å². The van der Waals surface area contributed by atoms with Gasteiger partial charge < -0.3 is 19.7 Å². The molecule has 2 aromatic rings. The summed E-state index contributed by atoms with van der Waals surface area (Å²) in [4.78, 5) is 6.78. The van der Waals surface area contributed by atoms with Gasteiger partial charge in [-0.15, -0.1) is 24.0 Å². The van der Waals surface area contributed by atoms with Crippen LogP contribution in [0.2, 0.25) is 0 Å². The first-order valence-electron chi connectivity index (χ1n) is 10.2. The highest BCUT2D eigenvalue weighted by atomic mass is 127. The van der Waals surface area contributed by atoms with Crippen LogP contribution >= 0.6 is 24.0 Å². The monoisotopic (exact) mass is 521 g/mol. The van der Waals surface area contributed by atoms with E-state index in [2.05, 4.69) is 40.0 Å². The summed E-state index contributed by atoms with van der Waals surface area (Å²) in [5.74, 6) is 2.33. The fourth-order valence-electron chi connectivity index (χ4n) is 3.52. The van der Waals surface area contributed by atoms with E-state index in [1.807, 2.05) is 43.4 Å². The first-order chi connectivity index (χ1) is 14.3. The lowest BCUT2D eigenvalue weighted by atomic mass is 10.1. The zero-order valence-corrected chi connectivity index (χ0v) is 20.0. The molecule has 30 heavy (non-hydrogen) atoms. The molecule has 1 N–H and O–H groups in total. The molecule has 1 heterocycles. The molecule has 2 aromatic carbocycles. The number of ether oxygens (including phenoxy) is 2. The van der Waals surface area contributed by atoms with Gasteiger partial charge in [0.1, 0.15) is 12.4 Å². The van der Waals surface area contributed by atoms with Crippen LogP contribution in [0, 0.1) is 5.92 Å². The normalized spacial score (nSPS) is 16.1. The number of guanidine groups is 1. The van der Waals surface area contributed by atoms with Gasteiger partial charge in [-0.1, -0.05) is 61.2 Å². The molecule has 0 amide bonds. The highest BCUT2D eigenvalue weighted by Crippen LogP contribution is 2.20. The Morgan fingerprint density at radius 2 is 1.97 bits per heavy atom. The minimum atomic E-state index is 0. The summed E-state index contributed by atoms with van der Waals surface area (Å²) >= 11 is 0. The first-order valence-corrected chi connectivity index (χ1v) is 10.2. The number of benzene rings is 2. The van der Waals surface area contributed by atoms with Crippen molar-refractivity contribution < 1.29 is 9.47 Å². The molecule has 1 atom stereocenters. The van der Waals surface area contributed by atoms with Crippen molar-refractivity contribution in [1.82, 2.24) is 10.2 Å². The van der Waals surface area contributed by atoms with E-state index < -0.39 is 0 Å². The Balaban J connectivity index is 0.00000320. The fourth-order valence-corrected chi connectivity index (χ4v) is 3.52. The molecular formula is C24H32IN3O2. The second-order valence-electron chi connectivity index (χ2n) is 7.21. The summed E-state index contributed by atoms with van der Waals surface area (Å²) in [5, 5.41) is 3.48. The number of nitrogens with one attached hydrogen (secondary N) is 1. The van der Waals surface area contributed by atoms with E-state index in [-0.39, 0.29) is 24.0 Å². The SMILES string of the molecule is C=CCOc1ccccc1CNC(=NC)N1CCC(COCc2ccccc2)C1.I. The number of para-hydroxylation sites is 1. The number of rotatable bonds is 9. The quantitative estimate of drug-likeness (QED) is 0.229. The topological polar surface area (TPSA) is 46.1 Å². The summed E-state index contributed by atoms with van der Waals surface area (Å²) < 4.78 is 11.7. The van der Waals surface area contributed by atoms with Gasteiger partial charge in [0, 0.05) is 38.2 Å². The van der Waals surface area contributed by atoms with Crippen LogP contribution in [0.25, 0.3) is 0 Å². The maximum absolute atomic E-state index is 5.94. The highest BCUT2D eigenvalue weighted by Gasteiger charge is 2.25. The minimum absolute atomic E-state index is 0. The Kier molecular flexibility index (Phi) is 10.7. The van der Waals surface area contributed by atoms with Gasteiger partial charge in [-0.2, -0.15) is 0 Å². The van der Waals surface area contributed by atoms with Crippen molar-refractivity contribution in [2.45, 2.75) is 19.6 Å². The number of hydrogen-bond donors (Lipinski definition) is 1. The standard InChI is InChI=1S/C24H31N3O2.HI/c1-3-15-29-23-12-8-7-11-22(23)16-26-24(25-2)27-14-13-21(17-27)19-28-18-20-9-5-4-6-10-20;/h3-12,21H,1,13-19H2,2H3,(H,25,26);1H. The summed E-state index contributed by atoms with van der Waals surface area (Å²) in [6.07, 6.45) is 2.88. The lowest BCUT2D eigenvalue weighted by Crippen LogP contribution is -2.39. The van der Waals surface area contributed by atoms with Crippen LogP contribution in [-0.2, 0) is 17.9 Å². The Labute approximate surface area is 197 Å². The largest absolute Gasteiger partial charge is 0.489 e. The number of nitrogens with zero attached hydrogens (tertiary/aromatic N) is 2. The highest BCUT2D eigenvalue weighted by molar-refractivity contribution is 14.0. The second-order valence-corrected chi connectivity index (χ2v) is 7.21. The predicted molar refractivity (Wildman–Crippen MR) is 134 cm³/mol. The van der Waals surface area contributed by atoms with E-state index in [1.165, 1.54) is 5.56 Å². The molecule has 1 fully saturated rings. The minimum Gasteiger partial charge on any atom is -0.489 e. The Hall–Kier alpha value is -2.06. The van der Waals surface area contributed by atoms with Gasteiger partial charge in [-0.05, 0) is 18.1 Å². The van der Waals surface area contributed by atoms with Crippen molar-refractivity contribution in [3.63, 3.8) is 0 Å². The van der Waals surface area contributed by atoms with Gasteiger partial charge in [0.15, 0.2) is 5.96 Å². The summed E-state index contributed by atoms with van der Waals surface area (Å²) in [5.41, 5.74) is 2.33. The second kappa shape index (κ2) is 13.3. The Morgan fingerprint density at radius 1 is 1.20 bits per heavy atom. The number of aliphatic imine (C=N–C) groups is 1. The smallest absolute Gasteiger partial charge is 0.193 e. The van der Waals surface area contributed by atoms with Gasteiger partial charge in [0.25, 0.3) is 0 Å². The zero-order valence-electron chi connectivity index (χ0n) is 17.6. The lowest BCUT2D eigenvalue weighted by Gasteiger charge is -2.22. The molecule has 1 saturated heterocycles. The predicted octanol–water partition coefficient (Wildman–Crippen LogP) is 4.48. The van der Waals surface area contributed by atoms with E-state index in [0.717, 1.165) is 43.4 Å². The van der Waals surface area contributed by atoms with Crippen molar-refractivity contribution in [3.8, 4) is 5.75 Å². The molecule has 1 aliphatic heterocycles. The molecule has 162 valence electrons. The van der Waals surface area contributed by atoms with Gasteiger partial charge in [0.2, 0.25) is 0 Å². The third kappa shape index (κ3) is 7.32. The van der Waals surface area contributed by atoms with E-state index in [9.17, 15) is 0 Å². The van der Waals surface area contributed by atoms with Gasteiger partial charge in [-0.3, -0.25) is 4.99 Å². The van der Waals surface area contributed by atoms with Crippen molar-refractivity contribution in [3.05, 3.63) is 78.4 Å². The molecule has 3 rings (SSSR count). The van der Waals surface area contributed by atoms with Gasteiger partial charge in [-0.25, -0.2) is 0 Å². The van der Waals surface area contributed by atoms with Crippen LogP contribution in [0.5, 0.6) is 5.75 Å². The Morgan fingerprint density at radius 3 is 2.73 bits per heavy atom. The van der Waals surface area contributed by atoms with Crippen molar-refractivity contribution in [2.75, 3.05) is 33.4 Å². The molecule has 0 spiro atoms. The van der Waals surface area contributed by atoms with Crippen LogP contribution in [0.4, 0.5) is 0 Å².